The minimum atomic E-state index is -1.82. The molecule has 0 aliphatic rings. The van der Waals surface area contributed by atoms with Gasteiger partial charge in [-0.3, -0.25) is 0 Å². The van der Waals surface area contributed by atoms with Crippen molar-refractivity contribution in [3.05, 3.63) is 0 Å². The maximum atomic E-state index is 9.10. The van der Waals surface area contributed by atoms with Crippen LogP contribution in [0.25, 0.3) is 0 Å². The number of carboxylic acid groups (broad SMARTS) is 2. The van der Waals surface area contributed by atoms with Crippen molar-refractivity contribution in [3.8, 4) is 0 Å². The molecule has 0 bridgehead atoms. The van der Waals surface area contributed by atoms with E-state index in [1.165, 1.54) is 0 Å². The molecule has 0 aliphatic heterocycles. The first kappa shape index (κ1) is 15.6. The molecule has 0 rings (SSSR count). The van der Waals surface area contributed by atoms with Crippen LogP contribution in [0.15, 0.2) is 0 Å². The average Bonchev–Trinajstić information content (AvgIpc) is 1.36. The summed E-state index contributed by atoms with van der Waals surface area (Å²) in [6.07, 6.45) is 0. The van der Waals surface area contributed by atoms with Crippen LogP contribution in [0.3, 0.4) is 0 Å². The standard InChI is InChI=1S/C2H2O4.Mg.H3N.2H/c3-1(4)2(5)6;;;;/h(H,3,4)(H,5,6);;1H3;;/q;+2;;2*-1. The van der Waals surface area contributed by atoms with Crippen LogP contribution in [0, 0.1) is 0 Å². The van der Waals surface area contributed by atoms with Gasteiger partial charge in [0, 0.05) is 0 Å². The number of rotatable bonds is 0. The van der Waals surface area contributed by atoms with Gasteiger partial charge in [0.05, 0.1) is 0 Å². The van der Waals surface area contributed by atoms with Gasteiger partial charge in [0.25, 0.3) is 0 Å². The Morgan fingerprint density at radius 2 is 1.25 bits per heavy atom. The summed E-state index contributed by atoms with van der Waals surface area (Å²) in [5.74, 6) is -3.65. The molecule has 0 aliphatic carbocycles. The van der Waals surface area contributed by atoms with Crippen LogP contribution < -0.4 is 6.15 Å². The van der Waals surface area contributed by atoms with Crippen molar-refractivity contribution < 1.29 is 22.7 Å². The first-order valence-electron chi connectivity index (χ1n) is 1.11. The Labute approximate surface area is 64.4 Å². The molecule has 0 aromatic rings. The molecule has 0 fully saturated rings. The van der Waals surface area contributed by atoms with E-state index in [1.807, 2.05) is 0 Å². The first-order valence-corrected chi connectivity index (χ1v) is 1.11. The van der Waals surface area contributed by atoms with Crippen LogP contribution in [0.1, 0.15) is 2.85 Å². The van der Waals surface area contributed by atoms with Crippen molar-refractivity contribution in [3.63, 3.8) is 0 Å². The predicted octanol–water partition coefficient (Wildman–Crippen LogP) is -0.838. The zero-order valence-electron chi connectivity index (χ0n) is 6.13. The van der Waals surface area contributed by atoms with E-state index in [0.717, 1.165) is 0 Å². The zero-order valence-corrected chi connectivity index (χ0v) is 5.54. The topological polar surface area (TPSA) is 110 Å². The quantitative estimate of drug-likeness (QED) is 0.295. The third kappa shape index (κ3) is 9.18. The molecule has 6 heteroatoms. The Bertz CT molecular complexity index is 87.3. The van der Waals surface area contributed by atoms with Gasteiger partial charge in [-0.25, -0.2) is 9.59 Å². The molecule has 0 heterocycles. The summed E-state index contributed by atoms with van der Waals surface area (Å²) in [5, 5.41) is 14.8. The fourth-order valence-electron chi connectivity index (χ4n) is 0. The summed E-state index contributed by atoms with van der Waals surface area (Å²) in [6, 6.07) is 0. The second-order valence-electron chi connectivity index (χ2n) is 0.610. The molecule has 0 amide bonds. The van der Waals surface area contributed by atoms with Crippen molar-refractivity contribution in [2.45, 2.75) is 0 Å². The van der Waals surface area contributed by atoms with Crippen LogP contribution >= 0.6 is 0 Å². The summed E-state index contributed by atoms with van der Waals surface area (Å²) < 4.78 is 0. The van der Waals surface area contributed by atoms with E-state index >= 15 is 0 Å². The molecule has 0 saturated carbocycles. The van der Waals surface area contributed by atoms with E-state index < -0.39 is 11.9 Å². The maximum absolute atomic E-state index is 9.10. The second kappa shape index (κ2) is 6.67. The largest absolute Gasteiger partial charge is 2.00 e. The van der Waals surface area contributed by atoms with E-state index in [4.69, 9.17) is 19.8 Å². The fraction of sp³-hybridized carbons (Fsp3) is 0. The zero-order chi connectivity index (χ0) is 5.15. The van der Waals surface area contributed by atoms with Gasteiger partial charge < -0.3 is 19.2 Å². The Kier molecular flexibility index (Phi) is 13.0. The summed E-state index contributed by atoms with van der Waals surface area (Å²) in [4.78, 5) is 18.2. The molecule has 46 valence electrons. The van der Waals surface area contributed by atoms with Gasteiger partial charge in [-0.1, -0.05) is 0 Å². The molecule has 0 unspecified atom stereocenters. The van der Waals surface area contributed by atoms with Crippen LogP contribution in [0.5, 0.6) is 0 Å². The van der Waals surface area contributed by atoms with E-state index in [2.05, 4.69) is 0 Å². The van der Waals surface area contributed by atoms with Gasteiger partial charge in [-0.05, 0) is 0 Å². The predicted molar refractivity (Wildman–Crippen MR) is 28.3 cm³/mol. The third-order valence-corrected chi connectivity index (χ3v) is 0.183. The van der Waals surface area contributed by atoms with Crippen LogP contribution in [-0.4, -0.2) is 45.2 Å². The first-order chi connectivity index (χ1) is 2.64. The van der Waals surface area contributed by atoms with Gasteiger partial charge in [0.15, 0.2) is 0 Å². The van der Waals surface area contributed by atoms with Crippen LogP contribution in [0.2, 0.25) is 0 Å². The number of carbonyl (C=O) groups is 2. The molecule has 0 aromatic heterocycles. The molecule has 0 atom stereocenters. The Hall–Kier alpha value is -0.334. The molecule has 0 radical (unpaired) electrons. The molecule has 0 spiro atoms. The Morgan fingerprint density at radius 3 is 1.25 bits per heavy atom. The maximum Gasteiger partial charge on any atom is 2.00 e. The Balaban J connectivity index is -0.0000000208. The van der Waals surface area contributed by atoms with E-state index in [1.54, 1.807) is 0 Å². The number of hydrogen-bond acceptors (Lipinski definition) is 3. The van der Waals surface area contributed by atoms with Gasteiger partial charge in [-0.2, -0.15) is 0 Å². The molecule has 5 N–H and O–H groups in total. The van der Waals surface area contributed by atoms with Crippen molar-refractivity contribution in [2.24, 2.45) is 0 Å². The smallest absolute Gasteiger partial charge is 1.00 e. The van der Waals surface area contributed by atoms with Crippen LogP contribution in [-0.2, 0) is 9.59 Å². The summed E-state index contributed by atoms with van der Waals surface area (Å²) in [7, 11) is 0. The van der Waals surface area contributed by atoms with Crippen molar-refractivity contribution >= 4 is 35.0 Å². The third-order valence-electron chi connectivity index (χ3n) is 0.183. The average molecular weight is 133 g/mol. The fourth-order valence-corrected chi connectivity index (χ4v) is 0. The Morgan fingerprint density at radius 1 is 1.12 bits per heavy atom. The van der Waals surface area contributed by atoms with E-state index in [9.17, 15) is 0 Å². The molecule has 5 nitrogen and oxygen atoms in total. The minimum Gasteiger partial charge on any atom is -1.00 e. The van der Waals surface area contributed by atoms with Crippen molar-refractivity contribution in [2.75, 3.05) is 0 Å². The van der Waals surface area contributed by atoms with E-state index in [0.29, 0.717) is 0 Å². The van der Waals surface area contributed by atoms with Gasteiger partial charge in [0.2, 0.25) is 0 Å². The number of carboxylic acids is 2. The molecular weight excluding hydrogens is 126 g/mol. The molecule has 0 aromatic carbocycles. The van der Waals surface area contributed by atoms with Gasteiger partial charge >= 0.3 is 35.0 Å². The van der Waals surface area contributed by atoms with Gasteiger partial charge in [-0.15, -0.1) is 0 Å². The summed E-state index contributed by atoms with van der Waals surface area (Å²) in [6.45, 7) is 0. The number of aliphatic carboxylic acids is 2. The van der Waals surface area contributed by atoms with E-state index in [-0.39, 0.29) is 32.1 Å². The summed E-state index contributed by atoms with van der Waals surface area (Å²) in [5.41, 5.74) is 0. The molecule has 0 saturated heterocycles. The normalized spacial score (nSPS) is 5.50. The minimum absolute atomic E-state index is 0. The molecule has 8 heavy (non-hydrogen) atoms. The summed E-state index contributed by atoms with van der Waals surface area (Å²) >= 11 is 0. The van der Waals surface area contributed by atoms with Crippen molar-refractivity contribution in [1.29, 1.82) is 0 Å². The monoisotopic (exact) mass is 133 g/mol. The SMILES string of the molecule is N.O=C(O)C(=O)O.[H-].[H-].[Mg+2]. The van der Waals surface area contributed by atoms with Crippen molar-refractivity contribution in [1.82, 2.24) is 6.15 Å². The van der Waals surface area contributed by atoms with Crippen LogP contribution in [0.4, 0.5) is 0 Å². The number of hydrogen-bond donors (Lipinski definition) is 3. The second-order valence-corrected chi connectivity index (χ2v) is 0.610. The van der Waals surface area contributed by atoms with Gasteiger partial charge in [0.1, 0.15) is 0 Å². The molecular formula is C2H7MgNO4.